The molecule has 19 heavy (non-hydrogen) atoms. The van der Waals surface area contributed by atoms with Crippen LogP contribution < -0.4 is 5.32 Å². The van der Waals surface area contributed by atoms with Crippen molar-refractivity contribution in [1.29, 1.82) is 0 Å². The van der Waals surface area contributed by atoms with Crippen LogP contribution in [0.25, 0.3) is 21.8 Å². The minimum atomic E-state index is 0.514. The van der Waals surface area contributed by atoms with Crippen LogP contribution in [0.1, 0.15) is 30.9 Å². The fourth-order valence-electron chi connectivity index (χ4n) is 3.11. The van der Waals surface area contributed by atoms with Gasteiger partial charge in [-0.05, 0) is 43.1 Å². The molecule has 1 saturated heterocycles. The molecule has 3 heterocycles. The predicted octanol–water partition coefficient (Wildman–Crippen LogP) is 3.53. The maximum absolute atomic E-state index is 4.24. The predicted molar refractivity (Wildman–Crippen MR) is 78.2 cm³/mol. The first-order valence-electron chi connectivity index (χ1n) is 7.00. The van der Waals surface area contributed by atoms with Crippen LogP contribution in [0.15, 0.2) is 36.7 Å². The van der Waals surface area contributed by atoms with Gasteiger partial charge in [-0.3, -0.25) is 4.98 Å². The molecular formula is C16H17N3. The van der Waals surface area contributed by atoms with Crippen LogP contribution in [0.5, 0.6) is 0 Å². The summed E-state index contributed by atoms with van der Waals surface area (Å²) in [5, 5.41) is 6.12. The van der Waals surface area contributed by atoms with Crippen molar-refractivity contribution < 1.29 is 0 Å². The van der Waals surface area contributed by atoms with Crippen LogP contribution in [-0.2, 0) is 0 Å². The first-order valence-corrected chi connectivity index (χ1v) is 7.00. The van der Waals surface area contributed by atoms with E-state index in [9.17, 15) is 0 Å². The number of fused-ring (bicyclic) bond motifs is 3. The molecule has 3 aromatic rings. The smallest absolute Gasteiger partial charge is 0.0495 e. The third-order valence-electron chi connectivity index (χ3n) is 4.14. The molecule has 0 radical (unpaired) electrons. The summed E-state index contributed by atoms with van der Waals surface area (Å²) in [4.78, 5) is 7.69. The maximum atomic E-state index is 4.24. The van der Waals surface area contributed by atoms with Gasteiger partial charge in [0.1, 0.15) is 0 Å². The molecule has 96 valence electrons. The maximum Gasteiger partial charge on any atom is 0.0495 e. The minimum Gasteiger partial charge on any atom is -0.354 e. The molecule has 1 unspecified atom stereocenters. The van der Waals surface area contributed by atoms with Crippen molar-refractivity contribution in [3.05, 3.63) is 42.2 Å². The lowest BCUT2D eigenvalue weighted by atomic mass is 9.96. The van der Waals surface area contributed by atoms with Gasteiger partial charge in [0.25, 0.3) is 0 Å². The Morgan fingerprint density at radius 2 is 2.00 bits per heavy atom. The van der Waals surface area contributed by atoms with E-state index in [4.69, 9.17) is 0 Å². The number of pyridine rings is 1. The van der Waals surface area contributed by atoms with Crippen molar-refractivity contribution >= 4 is 21.8 Å². The summed E-state index contributed by atoms with van der Waals surface area (Å²) in [6.45, 7) is 1.14. The Morgan fingerprint density at radius 3 is 2.89 bits per heavy atom. The van der Waals surface area contributed by atoms with E-state index in [1.165, 1.54) is 46.6 Å². The summed E-state index contributed by atoms with van der Waals surface area (Å²) in [5.41, 5.74) is 3.76. The lowest BCUT2D eigenvalue weighted by Gasteiger charge is -2.23. The Hall–Kier alpha value is -1.87. The van der Waals surface area contributed by atoms with Gasteiger partial charge >= 0.3 is 0 Å². The quantitative estimate of drug-likeness (QED) is 0.694. The zero-order valence-corrected chi connectivity index (χ0v) is 10.8. The SMILES string of the molecule is c1cc2[nH]c3ccc(C4CCCCN4)cc3c2cn1. The first kappa shape index (κ1) is 11.0. The van der Waals surface area contributed by atoms with Crippen molar-refractivity contribution in [1.82, 2.24) is 15.3 Å². The van der Waals surface area contributed by atoms with Gasteiger partial charge < -0.3 is 10.3 Å². The summed E-state index contributed by atoms with van der Waals surface area (Å²) in [6, 6.07) is 9.31. The molecule has 1 fully saturated rings. The Balaban J connectivity index is 1.87. The lowest BCUT2D eigenvalue weighted by Crippen LogP contribution is -2.26. The number of nitrogens with zero attached hydrogens (tertiary/aromatic N) is 1. The summed E-state index contributed by atoms with van der Waals surface area (Å²) in [5.74, 6) is 0. The number of nitrogens with one attached hydrogen (secondary N) is 2. The van der Waals surface area contributed by atoms with Gasteiger partial charge in [-0.15, -0.1) is 0 Å². The van der Waals surface area contributed by atoms with Gasteiger partial charge in [-0.25, -0.2) is 0 Å². The number of benzene rings is 1. The van der Waals surface area contributed by atoms with Crippen LogP contribution in [0, 0.1) is 0 Å². The average Bonchev–Trinajstić information content (AvgIpc) is 2.86. The summed E-state index contributed by atoms with van der Waals surface area (Å²) in [6.07, 6.45) is 7.65. The highest BCUT2D eigenvalue weighted by atomic mass is 14.9. The summed E-state index contributed by atoms with van der Waals surface area (Å²) < 4.78 is 0. The van der Waals surface area contributed by atoms with Crippen LogP contribution in [0.4, 0.5) is 0 Å². The van der Waals surface area contributed by atoms with Crippen molar-refractivity contribution in [2.24, 2.45) is 0 Å². The summed E-state index contributed by atoms with van der Waals surface area (Å²) in [7, 11) is 0. The minimum absolute atomic E-state index is 0.514. The van der Waals surface area contributed by atoms with Crippen LogP contribution in [-0.4, -0.2) is 16.5 Å². The molecule has 1 aromatic carbocycles. The second-order valence-corrected chi connectivity index (χ2v) is 5.35. The van der Waals surface area contributed by atoms with E-state index < -0.39 is 0 Å². The van der Waals surface area contributed by atoms with E-state index in [1.54, 1.807) is 0 Å². The molecule has 0 bridgehead atoms. The van der Waals surface area contributed by atoms with E-state index in [2.05, 4.69) is 33.5 Å². The number of rotatable bonds is 1. The zero-order chi connectivity index (χ0) is 12.7. The van der Waals surface area contributed by atoms with Gasteiger partial charge in [0, 0.05) is 40.2 Å². The topological polar surface area (TPSA) is 40.7 Å². The molecule has 1 aliphatic heterocycles. The monoisotopic (exact) mass is 251 g/mol. The molecular weight excluding hydrogens is 234 g/mol. The number of aromatic nitrogens is 2. The third kappa shape index (κ3) is 1.81. The molecule has 0 amide bonds. The zero-order valence-electron chi connectivity index (χ0n) is 10.8. The molecule has 0 aliphatic carbocycles. The molecule has 3 nitrogen and oxygen atoms in total. The lowest BCUT2D eigenvalue weighted by molar-refractivity contribution is 0.412. The molecule has 1 atom stereocenters. The van der Waals surface area contributed by atoms with Gasteiger partial charge in [0.2, 0.25) is 0 Å². The van der Waals surface area contributed by atoms with E-state index >= 15 is 0 Å². The van der Waals surface area contributed by atoms with Gasteiger partial charge in [0.15, 0.2) is 0 Å². The first-order chi connectivity index (χ1) is 9.42. The molecule has 2 N–H and O–H groups in total. The standard InChI is InChI=1S/C16H17N3/c1-2-7-18-14(3-1)11-4-5-15-12(9-11)13-10-17-8-6-16(13)19-15/h4-6,8-10,14,18-19H,1-3,7H2. The van der Waals surface area contributed by atoms with Crippen molar-refractivity contribution in [2.45, 2.75) is 25.3 Å². The number of aromatic amines is 1. The molecule has 1 aliphatic rings. The van der Waals surface area contributed by atoms with Gasteiger partial charge in [-0.1, -0.05) is 12.5 Å². The highest BCUT2D eigenvalue weighted by molar-refractivity contribution is 6.06. The van der Waals surface area contributed by atoms with Crippen LogP contribution in [0.3, 0.4) is 0 Å². The van der Waals surface area contributed by atoms with Crippen molar-refractivity contribution in [3.8, 4) is 0 Å². The number of hydrogen-bond acceptors (Lipinski definition) is 2. The van der Waals surface area contributed by atoms with E-state index in [1.807, 2.05) is 18.5 Å². The Kier molecular flexibility index (Phi) is 2.52. The van der Waals surface area contributed by atoms with E-state index in [-0.39, 0.29) is 0 Å². The second kappa shape index (κ2) is 4.35. The van der Waals surface area contributed by atoms with Gasteiger partial charge in [0.05, 0.1) is 0 Å². The number of piperidine rings is 1. The van der Waals surface area contributed by atoms with E-state index in [0.717, 1.165) is 6.54 Å². The molecule has 2 aromatic heterocycles. The van der Waals surface area contributed by atoms with Crippen molar-refractivity contribution in [2.75, 3.05) is 6.54 Å². The van der Waals surface area contributed by atoms with Gasteiger partial charge in [-0.2, -0.15) is 0 Å². The Labute approximate surface area is 112 Å². The van der Waals surface area contributed by atoms with Crippen molar-refractivity contribution in [3.63, 3.8) is 0 Å². The highest BCUT2D eigenvalue weighted by Crippen LogP contribution is 2.29. The number of hydrogen-bond donors (Lipinski definition) is 2. The molecule has 0 saturated carbocycles. The Bertz CT molecular complexity index is 723. The summed E-state index contributed by atoms with van der Waals surface area (Å²) >= 11 is 0. The van der Waals surface area contributed by atoms with Crippen LogP contribution in [0.2, 0.25) is 0 Å². The van der Waals surface area contributed by atoms with E-state index in [0.29, 0.717) is 6.04 Å². The second-order valence-electron chi connectivity index (χ2n) is 5.35. The van der Waals surface area contributed by atoms with Crippen LogP contribution >= 0.6 is 0 Å². The number of H-pyrrole nitrogens is 1. The largest absolute Gasteiger partial charge is 0.354 e. The average molecular weight is 251 g/mol. The normalized spacial score (nSPS) is 20.1. The Morgan fingerprint density at radius 1 is 1.05 bits per heavy atom. The fraction of sp³-hybridized carbons (Fsp3) is 0.312. The molecule has 3 heteroatoms. The molecule has 0 spiro atoms. The third-order valence-corrected chi connectivity index (χ3v) is 4.14. The fourth-order valence-corrected chi connectivity index (χ4v) is 3.11. The highest BCUT2D eigenvalue weighted by Gasteiger charge is 2.15. The molecule has 4 rings (SSSR count).